The molecule has 0 amide bonds. The number of carbonyl (C=O) groups excluding carboxylic acids is 2. The van der Waals surface area contributed by atoms with Crippen LogP contribution in [0.25, 0.3) is 6.08 Å². The van der Waals surface area contributed by atoms with E-state index in [2.05, 4.69) is 0 Å². The van der Waals surface area contributed by atoms with Gasteiger partial charge in [0.05, 0.1) is 5.56 Å². The van der Waals surface area contributed by atoms with Crippen molar-refractivity contribution in [2.45, 2.75) is 33.3 Å². The Morgan fingerprint density at radius 3 is 2.19 bits per heavy atom. The largest absolute Gasteiger partial charge is 0.462 e. The van der Waals surface area contributed by atoms with Crippen LogP contribution in [0.3, 0.4) is 0 Å². The van der Waals surface area contributed by atoms with Gasteiger partial charge in [-0.25, -0.2) is 9.59 Å². The lowest BCUT2D eigenvalue weighted by Gasteiger charge is -2.32. The summed E-state index contributed by atoms with van der Waals surface area (Å²) < 4.78 is 11.0. The fourth-order valence-electron chi connectivity index (χ4n) is 2.69. The van der Waals surface area contributed by atoms with Gasteiger partial charge in [0.1, 0.15) is 12.7 Å². The molecule has 0 saturated carbocycles. The molecule has 2 aromatic carbocycles. The Kier molecular flexibility index (Phi) is 7.35. The summed E-state index contributed by atoms with van der Waals surface area (Å²) in [7, 11) is 0. The van der Waals surface area contributed by atoms with Crippen LogP contribution in [-0.4, -0.2) is 24.6 Å². The predicted molar refractivity (Wildman–Crippen MR) is 106 cm³/mol. The first-order valence-corrected chi connectivity index (χ1v) is 9.08. The first kappa shape index (κ1) is 20.4. The van der Waals surface area contributed by atoms with Gasteiger partial charge in [0, 0.05) is 11.5 Å². The molecule has 0 heterocycles. The van der Waals surface area contributed by atoms with Crippen LogP contribution in [0.1, 0.15) is 43.1 Å². The third kappa shape index (κ3) is 6.41. The molecule has 0 aliphatic rings. The first-order valence-electron chi connectivity index (χ1n) is 9.08. The van der Waals surface area contributed by atoms with Gasteiger partial charge in [-0.1, -0.05) is 69.3 Å². The van der Waals surface area contributed by atoms with E-state index in [9.17, 15) is 9.59 Å². The molecule has 4 heteroatoms. The van der Waals surface area contributed by atoms with Crippen molar-refractivity contribution < 1.29 is 19.1 Å². The van der Waals surface area contributed by atoms with Crippen LogP contribution in [0, 0.1) is 5.41 Å². The van der Waals surface area contributed by atoms with Gasteiger partial charge in [0.2, 0.25) is 0 Å². The highest BCUT2D eigenvalue weighted by Crippen LogP contribution is 2.27. The van der Waals surface area contributed by atoms with E-state index in [4.69, 9.17) is 9.47 Å². The van der Waals surface area contributed by atoms with Crippen LogP contribution >= 0.6 is 0 Å². The lowest BCUT2D eigenvalue weighted by Crippen LogP contribution is -2.37. The molecule has 0 aromatic heterocycles. The van der Waals surface area contributed by atoms with Crippen LogP contribution in [0.2, 0.25) is 0 Å². The lowest BCUT2D eigenvalue weighted by molar-refractivity contribution is -0.143. The molecule has 0 aliphatic heterocycles. The number of ether oxygens (including phenoxy) is 2. The minimum absolute atomic E-state index is 0.158. The van der Waals surface area contributed by atoms with E-state index in [1.54, 1.807) is 30.3 Å². The van der Waals surface area contributed by atoms with E-state index in [0.29, 0.717) is 12.0 Å². The number of carbonyl (C=O) groups is 2. The maximum Gasteiger partial charge on any atom is 0.338 e. The summed E-state index contributed by atoms with van der Waals surface area (Å²) in [5.41, 5.74) is 0.932. The Balaban J connectivity index is 1.91. The van der Waals surface area contributed by atoms with Crippen molar-refractivity contribution in [3.8, 4) is 0 Å². The van der Waals surface area contributed by atoms with E-state index in [-0.39, 0.29) is 18.7 Å². The number of hydrogen-bond acceptors (Lipinski definition) is 4. The Labute approximate surface area is 160 Å². The van der Waals surface area contributed by atoms with E-state index >= 15 is 0 Å². The molecule has 0 aliphatic carbocycles. The maximum atomic E-state index is 12.3. The van der Waals surface area contributed by atoms with Crippen molar-refractivity contribution in [1.29, 1.82) is 0 Å². The van der Waals surface area contributed by atoms with Gasteiger partial charge in [-0.2, -0.15) is 0 Å². The second-order valence-electron chi connectivity index (χ2n) is 7.01. The van der Waals surface area contributed by atoms with Crippen LogP contribution < -0.4 is 0 Å². The summed E-state index contributed by atoms with van der Waals surface area (Å²) in [4.78, 5) is 24.3. The molecule has 2 aromatic rings. The van der Waals surface area contributed by atoms with Crippen LogP contribution in [0.4, 0.5) is 0 Å². The Morgan fingerprint density at radius 1 is 1.00 bits per heavy atom. The van der Waals surface area contributed by atoms with Gasteiger partial charge in [-0.3, -0.25) is 0 Å². The summed E-state index contributed by atoms with van der Waals surface area (Å²) >= 11 is 0. The fraction of sp³-hybridized carbons (Fsp3) is 0.304. The van der Waals surface area contributed by atoms with Gasteiger partial charge >= 0.3 is 11.9 Å². The summed E-state index contributed by atoms with van der Waals surface area (Å²) in [5, 5.41) is 0. The molecule has 0 saturated heterocycles. The third-order valence-corrected chi connectivity index (χ3v) is 4.30. The molecule has 1 unspecified atom stereocenters. The van der Waals surface area contributed by atoms with Crippen molar-refractivity contribution in [3.05, 3.63) is 77.9 Å². The quantitative estimate of drug-likeness (QED) is 0.492. The molecule has 0 bridgehead atoms. The number of hydrogen-bond donors (Lipinski definition) is 0. The van der Waals surface area contributed by atoms with Crippen LogP contribution in [-0.2, 0) is 14.3 Å². The summed E-state index contributed by atoms with van der Waals surface area (Å²) in [6.45, 7) is 5.95. The monoisotopic (exact) mass is 366 g/mol. The number of rotatable bonds is 8. The van der Waals surface area contributed by atoms with Crippen molar-refractivity contribution in [2.24, 2.45) is 5.41 Å². The second kappa shape index (κ2) is 9.72. The molecule has 2 rings (SSSR count). The standard InChI is InChI=1S/C23H26O4/c1-4-20(27-22(25)19-13-9-6-10-14-19)23(2,3)17-26-21(24)16-15-18-11-7-5-8-12-18/h5-16,20H,4,17H2,1-3H3. The highest BCUT2D eigenvalue weighted by Gasteiger charge is 2.33. The van der Waals surface area contributed by atoms with Crippen molar-refractivity contribution in [1.82, 2.24) is 0 Å². The van der Waals surface area contributed by atoms with E-state index in [1.807, 2.05) is 57.2 Å². The topological polar surface area (TPSA) is 52.6 Å². The van der Waals surface area contributed by atoms with Crippen molar-refractivity contribution in [2.75, 3.05) is 6.61 Å². The Bertz CT molecular complexity index is 763. The second-order valence-corrected chi connectivity index (χ2v) is 7.01. The van der Waals surface area contributed by atoms with Crippen molar-refractivity contribution in [3.63, 3.8) is 0 Å². The highest BCUT2D eigenvalue weighted by molar-refractivity contribution is 5.89. The molecule has 142 valence electrons. The predicted octanol–water partition coefficient (Wildman–Crippen LogP) is 4.90. The average molecular weight is 366 g/mol. The van der Waals surface area contributed by atoms with Gasteiger partial charge in [-0.05, 0) is 30.2 Å². The zero-order valence-electron chi connectivity index (χ0n) is 16.1. The zero-order chi connectivity index (χ0) is 19.7. The molecule has 0 radical (unpaired) electrons. The van der Waals surface area contributed by atoms with Crippen LogP contribution in [0.15, 0.2) is 66.7 Å². The van der Waals surface area contributed by atoms with E-state index in [1.165, 1.54) is 6.08 Å². The molecule has 4 nitrogen and oxygen atoms in total. The Morgan fingerprint density at radius 2 is 1.59 bits per heavy atom. The third-order valence-electron chi connectivity index (χ3n) is 4.30. The van der Waals surface area contributed by atoms with Gasteiger partial charge < -0.3 is 9.47 Å². The van der Waals surface area contributed by atoms with E-state index in [0.717, 1.165) is 5.56 Å². The highest BCUT2D eigenvalue weighted by atomic mass is 16.6. The average Bonchev–Trinajstić information content (AvgIpc) is 2.70. The summed E-state index contributed by atoms with van der Waals surface area (Å²) in [5.74, 6) is -0.790. The number of benzene rings is 2. The first-order chi connectivity index (χ1) is 12.9. The normalized spacial score (nSPS) is 12.6. The van der Waals surface area contributed by atoms with Gasteiger partial charge in [-0.15, -0.1) is 0 Å². The molecular weight excluding hydrogens is 340 g/mol. The molecule has 0 fully saturated rings. The van der Waals surface area contributed by atoms with E-state index < -0.39 is 11.4 Å². The minimum Gasteiger partial charge on any atom is -0.462 e. The molecular formula is C23H26O4. The van der Waals surface area contributed by atoms with Crippen molar-refractivity contribution >= 4 is 18.0 Å². The van der Waals surface area contributed by atoms with Crippen LogP contribution in [0.5, 0.6) is 0 Å². The molecule has 27 heavy (non-hydrogen) atoms. The smallest absolute Gasteiger partial charge is 0.338 e. The van der Waals surface area contributed by atoms with Gasteiger partial charge in [0.15, 0.2) is 0 Å². The molecule has 1 atom stereocenters. The molecule has 0 spiro atoms. The fourth-order valence-corrected chi connectivity index (χ4v) is 2.69. The minimum atomic E-state index is -0.505. The van der Waals surface area contributed by atoms with Gasteiger partial charge in [0.25, 0.3) is 0 Å². The maximum absolute atomic E-state index is 12.3. The zero-order valence-corrected chi connectivity index (χ0v) is 16.1. The SMILES string of the molecule is CCC(OC(=O)c1ccccc1)C(C)(C)COC(=O)C=Cc1ccccc1. The Hall–Kier alpha value is -2.88. The molecule has 0 N–H and O–H groups in total. The summed E-state index contributed by atoms with van der Waals surface area (Å²) in [6.07, 6.45) is 3.38. The summed E-state index contributed by atoms with van der Waals surface area (Å²) in [6, 6.07) is 18.4. The number of esters is 2. The lowest BCUT2D eigenvalue weighted by atomic mass is 9.86.